The van der Waals surface area contributed by atoms with Gasteiger partial charge in [-0.05, 0) is 42.5 Å². The number of ether oxygens (including phenoxy) is 1. The fraction of sp³-hybridized carbons (Fsp3) is 0.467. The van der Waals surface area contributed by atoms with Crippen molar-refractivity contribution in [3.63, 3.8) is 0 Å². The number of rotatable bonds is 3. The highest BCUT2D eigenvalue weighted by Gasteiger charge is 2.22. The first-order valence-corrected chi connectivity index (χ1v) is 7.32. The Kier molecular flexibility index (Phi) is 4.03. The van der Waals surface area contributed by atoms with E-state index >= 15 is 0 Å². The third kappa shape index (κ3) is 2.72. The van der Waals surface area contributed by atoms with Gasteiger partial charge in [-0.2, -0.15) is 4.98 Å². The van der Waals surface area contributed by atoms with Gasteiger partial charge in [0.05, 0.1) is 12.1 Å². The molecule has 0 N–H and O–H groups in total. The van der Waals surface area contributed by atoms with E-state index in [1.807, 2.05) is 18.2 Å². The zero-order valence-electron chi connectivity index (χ0n) is 11.6. The fourth-order valence-electron chi connectivity index (χ4n) is 2.90. The molecule has 1 saturated heterocycles. The van der Waals surface area contributed by atoms with Crippen molar-refractivity contribution < 1.29 is 4.74 Å². The quantitative estimate of drug-likeness (QED) is 0.814. The second-order valence-corrected chi connectivity index (χ2v) is 5.58. The molecular formula is C15H18ClN3O. The number of fused-ring (bicyclic) bond motifs is 1. The Morgan fingerprint density at radius 3 is 3.05 bits per heavy atom. The van der Waals surface area contributed by atoms with Crippen molar-refractivity contribution in [3.8, 4) is 0 Å². The van der Waals surface area contributed by atoms with E-state index < -0.39 is 0 Å². The van der Waals surface area contributed by atoms with E-state index in [4.69, 9.17) is 16.3 Å². The summed E-state index contributed by atoms with van der Waals surface area (Å²) >= 11 is 6.07. The molecule has 1 aromatic heterocycles. The largest absolute Gasteiger partial charge is 0.384 e. The van der Waals surface area contributed by atoms with Crippen LogP contribution in [0.15, 0.2) is 24.3 Å². The maximum Gasteiger partial charge on any atom is 0.224 e. The van der Waals surface area contributed by atoms with Gasteiger partial charge in [-0.3, -0.25) is 0 Å². The fourth-order valence-corrected chi connectivity index (χ4v) is 3.07. The number of aromatic nitrogens is 2. The predicted molar refractivity (Wildman–Crippen MR) is 81.4 cm³/mol. The van der Waals surface area contributed by atoms with Crippen LogP contribution in [-0.2, 0) is 4.74 Å². The molecule has 1 atom stereocenters. The van der Waals surface area contributed by atoms with Crippen LogP contribution in [0.2, 0.25) is 5.28 Å². The van der Waals surface area contributed by atoms with Gasteiger partial charge in [0.1, 0.15) is 5.82 Å². The van der Waals surface area contributed by atoms with E-state index in [1.165, 1.54) is 6.42 Å². The standard InChI is InChI=1S/C15H18ClN3O/c1-20-10-11-5-4-8-19(9-11)14-12-6-2-3-7-13(12)17-15(16)18-14/h2-3,6-7,11H,4-5,8-10H2,1H3. The van der Waals surface area contributed by atoms with Gasteiger partial charge in [0, 0.05) is 25.6 Å². The van der Waals surface area contributed by atoms with Crippen molar-refractivity contribution in [2.24, 2.45) is 5.92 Å². The molecule has 4 nitrogen and oxygen atoms in total. The van der Waals surface area contributed by atoms with Crippen molar-refractivity contribution in [2.45, 2.75) is 12.8 Å². The second-order valence-electron chi connectivity index (χ2n) is 5.24. The minimum Gasteiger partial charge on any atom is -0.384 e. The average Bonchev–Trinajstić information content (AvgIpc) is 2.47. The van der Waals surface area contributed by atoms with Gasteiger partial charge in [-0.15, -0.1) is 0 Å². The lowest BCUT2D eigenvalue weighted by Gasteiger charge is -2.33. The molecule has 0 aliphatic carbocycles. The average molecular weight is 292 g/mol. The zero-order valence-corrected chi connectivity index (χ0v) is 12.3. The van der Waals surface area contributed by atoms with Crippen molar-refractivity contribution in [1.82, 2.24) is 9.97 Å². The topological polar surface area (TPSA) is 38.2 Å². The Morgan fingerprint density at radius 1 is 1.35 bits per heavy atom. The van der Waals surface area contributed by atoms with Gasteiger partial charge in [-0.1, -0.05) is 12.1 Å². The minimum atomic E-state index is 0.313. The lowest BCUT2D eigenvalue weighted by Crippen LogP contribution is -2.37. The molecule has 0 spiro atoms. The zero-order chi connectivity index (χ0) is 13.9. The smallest absolute Gasteiger partial charge is 0.224 e. The number of piperidine rings is 1. The van der Waals surface area contributed by atoms with Crippen LogP contribution in [0.1, 0.15) is 12.8 Å². The normalized spacial score (nSPS) is 19.5. The molecule has 1 aliphatic heterocycles. The molecule has 1 aromatic carbocycles. The van der Waals surface area contributed by atoms with Gasteiger partial charge in [-0.25, -0.2) is 4.98 Å². The number of para-hydroxylation sites is 1. The van der Waals surface area contributed by atoms with Crippen LogP contribution in [0.5, 0.6) is 0 Å². The number of hydrogen-bond donors (Lipinski definition) is 0. The molecule has 0 amide bonds. The van der Waals surface area contributed by atoms with Crippen LogP contribution in [0.4, 0.5) is 5.82 Å². The van der Waals surface area contributed by atoms with Crippen molar-refractivity contribution in [2.75, 3.05) is 31.7 Å². The van der Waals surface area contributed by atoms with Crippen LogP contribution >= 0.6 is 11.6 Å². The van der Waals surface area contributed by atoms with Crippen LogP contribution < -0.4 is 4.90 Å². The summed E-state index contributed by atoms with van der Waals surface area (Å²) in [5, 5.41) is 1.38. The SMILES string of the molecule is COCC1CCCN(c2nc(Cl)nc3ccccc23)C1. The lowest BCUT2D eigenvalue weighted by atomic mass is 9.98. The number of nitrogens with zero attached hydrogens (tertiary/aromatic N) is 3. The molecule has 1 fully saturated rings. The summed E-state index contributed by atoms with van der Waals surface area (Å²) in [6.07, 6.45) is 2.37. The number of methoxy groups -OCH3 is 1. The van der Waals surface area contributed by atoms with E-state index in [2.05, 4.69) is 20.9 Å². The van der Waals surface area contributed by atoms with Gasteiger partial charge >= 0.3 is 0 Å². The lowest BCUT2D eigenvalue weighted by molar-refractivity contribution is 0.143. The van der Waals surface area contributed by atoms with Crippen LogP contribution in [0, 0.1) is 5.92 Å². The molecule has 5 heteroatoms. The van der Waals surface area contributed by atoms with Crippen LogP contribution in [0.3, 0.4) is 0 Å². The third-order valence-electron chi connectivity index (χ3n) is 3.78. The maximum atomic E-state index is 6.07. The highest BCUT2D eigenvalue weighted by molar-refractivity contribution is 6.28. The summed E-state index contributed by atoms with van der Waals surface area (Å²) in [6.45, 7) is 2.77. The summed E-state index contributed by atoms with van der Waals surface area (Å²) in [6, 6.07) is 8.02. The summed E-state index contributed by atoms with van der Waals surface area (Å²) in [5.41, 5.74) is 0.899. The first kappa shape index (κ1) is 13.6. The highest BCUT2D eigenvalue weighted by atomic mass is 35.5. The molecule has 106 valence electrons. The van der Waals surface area contributed by atoms with Gasteiger partial charge in [0.15, 0.2) is 0 Å². The van der Waals surface area contributed by atoms with Crippen LogP contribution in [-0.4, -0.2) is 36.8 Å². The minimum absolute atomic E-state index is 0.313. The molecule has 2 heterocycles. The Bertz CT molecular complexity index is 603. The number of hydrogen-bond acceptors (Lipinski definition) is 4. The highest BCUT2D eigenvalue weighted by Crippen LogP contribution is 2.29. The van der Waals surface area contributed by atoms with Crippen molar-refractivity contribution in [1.29, 1.82) is 0 Å². The van der Waals surface area contributed by atoms with E-state index in [1.54, 1.807) is 7.11 Å². The van der Waals surface area contributed by atoms with E-state index in [-0.39, 0.29) is 0 Å². The first-order valence-electron chi connectivity index (χ1n) is 6.94. The predicted octanol–water partition coefficient (Wildman–Crippen LogP) is 3.15. The number of anilines is 1. The molecule has 3 rings (SSSR count). The molecule has 1 aliphatic rings. The first-order chi connectivity index (χ1) is 9.78. The molecule has 0 bridgehead atoms. The van der Waals surface area contributed by atoms with Crippen molar-refractivity contribution in [3.05, 3.63) is 29.5 Å². The molecule has 0 saturated carbocycles. The van der Waals surface area contributed by atoms with Gasteiger partial charge in [0.2, 0.25) is 5.28 Å². The summed E-state index contributed by atoms with van der Waals surface area (Å²) in [5.74, 6) is 1.50. The van der Waals surface area contributed by atoms with Crippen molar-refractivity contribution >= 4 is 28.3 Å². The van der Waals surface area contributed by atoms with E-state index in [9.17, 15) is 0 Å². The molecule has 20 heavy (non-hydrogen) atoms. The summed E-state index contributed by atoms with van der Waals surface area (Å²) < 4.78 is 5.29. The monoisotopic (exact) mass is 291 g/mol. The number of benzene rings is 1. The maximum absolute atomic E-state index is 6.07. The van der Waals surface area contributed by atoms with Gasteiger partial charge < -0.3 is 9.64 Å². The summed E-state index contributed by atoms with van der Waals surface area (Å²) in [7, 11) is 1.76. The van der Waals surface area contributed by atoms with Crippen LogP contribution in [0.25, 0.3) is 10.9 Å². The molecule has 0 radical (unpaired) electrons. The molecular weight excluding hydrogens is 274 g/mol. The Labute approximate surface area is 123 Å². The van der Waals surface area contributed by atoms with Gasteiger partial charge in [0.25, 0.3) is 0 Å². The Balaban J connectivity index is 1.96. The second kappa shape index (κ2) is 5.94. The number of halogens is 1. The molecule has 2 aromatic rings. The van der Waals surface area contributed by atoms with E-state index in [0.717, 1.165) is 42.8 Å². The molecule has 1 unspecified atom stereocenters. The Hall–Kier alpha value is -1.39. The Morgan fingerprint density at radius 2 is 2.20 bits per heavy atom. The third-order valence-corrected chi connectivity index (χ3v) is 3.95. The summed E-state index contributed by atoms with van der Waals surface area (Å²) in [4.78, 5) is 11.1. The van der Waals surface area contributed by atoms with E-state index in [0.29, 0.717) is 11.2 Å².